The van der Waals surface area contributed by atoms with Gasteiger partial charge in [-0.25, -0.2) is 14.0 Å². The van der Waals surface area contributed by atoms with Crippen molar-refractivity contribution in [3.05, 3.63) is 90.2 Å². The fourth-order valence-corrected chi connectivity index (χ4v) is 2.91. The predicted octanol–water partition coefficient (Wildman–Crippen LogP) is 5.70. The minimum Gasteiger partial charge on any atom is -0.336 e. The molecule has 3 rings (SSSR count). The maximum Gasteiger partial charge on any atom is 0.416 e. The van der Waals surface area contributed by atoms with Gasteiger partial charge < -0.3 is 16.0 Å². The highest BCUT2D eigenvalue weighted by Gasteiger charge is 2.30. The molecule has 6 nitrogen and oxygen atoms in total. The third kappa shape index (κ3) is 6.96. The molecule has 0 saturated heterocycles. The van der Waals surface area contributed by atoms with Gasteiger partial charge in [0.1, 0.15) is 5.82 Å². The molecule has 0 atom stereocenters. The van der Waals surface area contributed by atoms with E-state index in [1.807, 2.05) is 0 Å². The third-order valence-corrected chi connectivity index (χ3v) is 4.48. The minimum absolute atomic E-state index is 0.0142. The molecule has 0 bridgehead atoms. The summed E-state index contributed by atoms with van der Waals surface area (Å²) in [6.45, 7) is -0.00924. The van der Waals surface area contributed by atoms with Gasteiger partial charge in [0.25, 0.3) is 0 Å². The maximum absolute atomic E-state index is 13.3. The smallest absolute Gasteiger partial charge is 0.336 e. The van der Waals surface area contributed by atoms with Crippen LogP contribution in [-0.2, 0) is 6.18 Å². The predicted molar refractivity (Wildman–Crippen MR) is 118 cm³/mol. The topological polar surface area (TPSA) is 73.5 Å². The summed E-state index contributed by atoms with van der Waals surface area (Å²) in [6.07, 6.45) is -4.53. The number of urea groups is 2. The van der Waals surface area contributed by atoms with Crippen LogP contribution in [0.15, 0.2) is 78.9 Å². The summed E-state index contributed by atoms with van der Waals surface area (Å²) in [5.74, 6) is -0.472. The number of rotatable bonds is 6. The second kappa shape index (κ2) is 10.5. The number of para-hydroxylation sites is 1. The van der Waals surface area contributed by atoms with Gasteiger partial charge in [-0.2, -0.15) is 13.2 Å². The minimum atomic E-state index is -4.53. The standard InChI is InChI=1S/C23H20F4N4O2/c24-17-9-11-20(12-10-17)31(22(33)30-18-6-2-1-3-7-18)14-13-28-21(32)29-19-8-4-5-16(15-19)23(25,26)27/h1-12,15H,13-14H2,(H,30,33)(H2,28,29,32). The molecule has 4 amide bonds. The second-order valence-corrected chi connectivity index (χ2v) is 6.88. The van der Waals surface area contributed by atoms with E-state index in [1.54, 1.807) is 30.3 Å². The normalized spacial score (nSPS) is 10.9. The SMILES string of the molecule is O=C(NCCN(C(=O)Nc1ccccc1)c1ccc(F)cc1)Nc1cccc(C(F)(F)F)c1. The van der Waals surface area contributed by atoms with Gasteiger partial charge in [-0.3, -0.25) is 4.90 Å². The quantitative estimate of drug-likeness (QED) is 0.413. The lowest BCUT2D eigenvalue weighted by Gasteiger charge is -2.23. The van der Waals surface area contributed by atoms with Crippen LogP contribution in [0.5, 0.6) is 0 Å². The number of amides is 4. The van der Waals surface area contributed by atoms with Crippen molar-refractivity contribution in [1.82, 2.24) is 5.32 Å². The molecule has 3 aromatic carbocycles. The number of benzene rings is 3. The van der Waals surface area contributed by atoms with Gasteiger partial charge in [-0.1, -0.05) is 24.3 Å². The number of hydrogen-bond acceptors (Lipinski definition) is 2. The Kier molecular flexibility index (Phi) is 7.50. The van der Waals surface area contributed by atoms with Crippen LogP contribution in [0.1, 0.15) is 5.56 Å². The average molecular weight is 460 g/mol. The first kappa shape index (κ1) is 23.6. The molecule has 0 unspecified atom stereocenters. The highest BCUT2D eigenvalue weighted by molar-refractivity contribution is 6.01. The fourth-order valence-electron chi connectivity index (χ4n) is 2.91. The highest BCUT2D eigenvalue weighted by atomic mass is 19.4. The van der Waals surface area contributed by atoms with Crippen molar-refractivity contribution in [2.75, 3.05) is 28.6 Å². The fraction of sp³-hybridized carbons (Fsp3) is 0.130. The van der Waals surface area contributed by atoms with E-state index in [2.05, 4.69) is 16.0 Å². The number of alkyl halides is 3. The summed E-state index contributed by atoms with van der Waals surface area (Å²) in [5, 5.41) is 7.53. The Morgan fingerprint density at radius 2 is 1.48 bits per heavy atom. The highest BCUT2D eigenvalue weighted by Crippen LogP contribution is 2.30. The van der Waals surface area contributed by atoms with E-state index in [4.69, 9.17) is 0 Å². The van der Waals surface area contributed by atoms with E-state index in [-0.39, 0.29) is 18.8 Å². The van der Waals surface area contributed by atoms with Crippen molar-refractivity contribution in [2.24, 2.45) is 0 Å². The van der Waals surface area contributed by atoms with E-state index in [9.17, 15) is 27.2 Å². The van der Waals surface area contributed by atoms with E-state index in [1.165, 1.54) is 41.3 Å². The zero-order valence-corrected chi connectivity index (χ0v) is 17.2. The van der Waals surface area contributed by atoms with Gasteiger partial charge in [0.15, 0.2) is 0 Å². The summed E-state index contributed by atoms with van der Waals surface area (Å²) in [4.78, 5) is 26.2. The molecule has 3 N–H and O–H groups in total. The van der Waals surface area contributed by atoms with E-state index in [0.717, 1.165) is 12.1 Å². The lowest BCUT2D eigenvalue weighted by Crippen LogP contribution is -2.42. The van der Waals surface area contributed by atoms with E-state index >= 15 is 0 Å². The third-order valence-electron chi connectivity index (χ3n) is 4.48. The Morgan fingerprint density at radius 3 is 2.15 bits per heavy atom. The van der Waals surface area contributed by atoms with Crippen LogP contribution >= 0.6 is 0 Å². The number of halogens is 4. The van der Waals surface area contributed by atoms with Gasteiger partial charge in [-0.05, 0) is 54.6 Å². The van der Waals surface area contributed by atoms with Gasteiger partial charge >= 0.3 is 18.2 Å². The van der Waals surface area contributed by atoms with E-state index in [0.29, 0.717) is 11.4 Å². The molecular formula is C23H20F4N4O2. The molecule has 3 aromatic rings. The van der Waals surface area contributed by atoms with Gasteiger partial charge in [0.05, 0.1) is 5.56 Å². The van der Waals surface area contributed by atoms with Crippen LogP contribution in [0, 0.1) is 5.82 Å². The Bertz CT molecular complexity index is 1090. The average Bonchev–Trinajstić information content (AvgIpc) is 2.78. The van der Waals surface area contributed by atoms with Gasteiger partial charge in [-0.15, -0.1) is 0 Å². The molecule has 0 spiro atoms. The largest absolute Gasteiger partial charge is 0.416 e. The number of anilines is 3. The van der Waals surface area contributed by atoms with Crippen LogP contribution in [0.4, 0.5) is 44.2 Å². The van der Waals surface area contributed by atoms with Crippen molar-refractivity contribution in [2.45, 2.75) is 6.18 Å². The lowest BCUT2D eigenvalue weighted by atomic mass is 10.2. The van der Waals surface area contributed by atoms with Crippen LogP contribution in [-0.4, -0.2) is 25.2 Å². The van der Waals surface area contributed by atoms with Crippen LogP contribution in [0.2, 0.25) is 0 Å². The first-order valence-corrected chi connectivity index (χ1v) is 9.83. The second-order valence-electron chi connectivity index (χ2n) is 6.88. The van der Waals surface area contributed by atoms with Crippen molar-refractivity contribution in [3.8, 4) is 0 Å². The molecule has 0 aliphatic heterocycles. The molecule has 172 valence electrons. The Hall–Kier alpha value is -4.08. The molecule has 0 fully saturated rings. The Morgan fingerprint density at radius 1 is 0.818 bits per heavy atom. The molecule has 0 saturated carbocycles. The van der Waals surface area contributed by atoms with Crippen molar-refractivity contribution < 1.29 is 27.2 Å². The first-order chi connectivity index (χ1) is 15.7. The summed E-state index contributed by atoms with van der Waals surface area (Å²) in [6, 6.07) is 16.9. The zero-order valence-electron chi connectivity index (χ0n) is 17.2. The summed E-state index contributed by atoms with van der Waals surface area (Å²) >= 11 is 0. The molecular weight excluding hydrogens is 440 g/mol. The molecule has 0 aliphatic carbocycles. The first-order valence-electron chi connectivity index (χ1n) is 9.83. The van der Waals surface area contributed by atoms with E-state index < -0.39 is 29.6 Å². The Balaban J connectivity index is 1.62. The maximum atomic E-state index is 13.3. The number of carbonyl (C=O) groups is 2. The van der Waals surface area contributed by atoms with Crippen molar-refractivity contribution in [3.63, 3.8) is 0 Å². The molecule has 0 radical (unpaired) electrons. The molecule has 33 heavy (non-hydrogen) atoms. The van der Waals surface area contributed by atoms with Crippen molar-refractivity contribution >= 4 is 29.1 Å². The van der Waals surface area contributed by atoms with Crippen LogP contribution < -0.4 is 20.9 Å². The monoisotopic (exact) mass is 460 g/mol. The number of hydrogen-bond donors (Lipinski definition) is 3. The van der Waals surface area contributed by atoms with Crippen molar-refractivity contribution in [1.29, 1.82) is 0 Å². The van der Waals surface area contributed by atoms with Gasteiger partial charge in [0, 0.05) is 30.2 Å². The van der Waals surface area contributed by atoms with Gasteiger partial charge in [0.2, 0.25) is 0 Å². The number of nitrogens with one attached hydrogen (secondary N) is 3. The zero-order chi connectivity index (χ0) is 23.8. The van der Waals surface area contributed by atoms with Crippen LogP contribution in [0.25, 0.3) is 0 Å². The summed E-state index contributed by atoms with van der Waals surface area (Å²) in [5.41, 5.74) is 0.0229. The summed E-state index contributed by atoms with van der Waals surface area (Å²) in [7, 11) is 0. The lowest BCUT2D eigenvalue weighted by molar-refractivity contribution is -0.137. The molecule has 10 heteroatoms. The Labute approximate surface area is 187 Å². The van der Waals surface area contributed by atoms with Crippen LogP contribution in [0.3, 0.4) is 0 Å². The molecule has 0 heterocycles. The summed E-state index contributed by atoms with van der Waals surface area (Å²) < 4.78 is 51.8. The number of nitrogens with zero attached hydrogens (tertiary/aromatic N) is 1. The number of carbonyl (C=O) groups excluding carboxylic acids is 2. The molecule has 0 aliphatic rings. The molecule has 0 aromatic heterocycles.